The Morgan fingerprint density at radius 2 is 2.06 bits per heavy atom. The van der Waals surface area contributed by atoms with E-state index in [0.717, 1.165) is 38.7 Å². The molecule has 0 saturated heterocycles. The fourth-order valence-electron chi connectivity index (χ4n) is 3.51. The minimum absolute atomic E-state index is 0.352. The molecule has 0 saturated carbocycles. The fraction of sp³-hybridized carbons (Fsp3) is 0.0435. The SMILES string of the molecule is C=CC(=O)Nc1cc(-c2cnc3[nH]cc(-c4ccnc5occc45)c3c2)cc(OC)n1. The van der Waals surface area contributed by atoms with Gasteiger partial charge in [0.25, 0.3) is 0 Å². The van der Waals surface area contributed by atoms with Crippen molar-refractivity contribution in [3.05, 3.63) is 67.8 Å². The maximum atomic E-state index is 11.7. The molecule has 8 nitrogen and oxygen atoms in total. The summed E-state index contributed by atoms with van der Waals surface area (Å²) in [4.78, 5) is 28.0. The van der Waals surface area contributed by atoms with E-state index in [1.54, 1.807) is 30.8 Å². The molecule has 0 fully saturated rings. The highest BCUT2D eigenvalue weighted by atomic mass is 16.5. The van der Waals surface area contributed by atoms with Gasteiger partial charge in [0.1, 0.15) is 11.5 Å². The minimum Gasteiger partial charge on any atom is -0.481 e. The molecular formula is C23H17N5O3. The summed E-state index contributed by atoms with van der Waals surface area (Å²) in [5.41, 5.74) is 4.97. The van der Waals surface area contributed by atoms with Crippen LogP contribution in [0.15, 0.2) is 72.3 Å². The maximum absolute atomic E-state index is 11.7. The minimum atomic E-state index is -0.352. The molecule has 0 radical (unpaired) electrons. The standard InChI is InChI=1S/C23H17N5O3/c1-3-20(29)27-19-9-13(10-21(28-19)30-2)14-8-17-18(12-26-22(17)25-11-14)15-4-6-24-23-16(15)5-7-31-23/h3-12H,1H2,2H3,(H,25,26)(H,27,28,29). The Morgan fingerprint density at radius 3 is 2.90 bits per heavy atom. The van der Waals surface area contributed by atoms with Crippen molar-refractivity contribution in [2.24, 2.45) is 0 Å². The number of ether oxygens (including phenoxy) is 1. The van der Waals surface area contributed by atoms with E-state index in [-0.39, 0.29) is 5.91 Å². The van der Waals surface area contributed by atoms with Crippen molar-refractivity contribution in [2.75, 3.05) is 12.4 Å². The molecule has 5 aromatic heterocycles. The lowest BCUT2D eigenvalue weighted by Gasteiger charge is -2.09. The number of furan rings is 1. The number of aromatic nitrogens is 4. The van der Waals surface area contributed by atoms with Crippen LogP contribution in [0.1, 0.15) is 0 Å². The van der Waals surface area contributed by atoms with Gasteiger partial charge in [0.15, 0.2) is 0 Å². The Morgan fingerprint density at radius 1 is 1.16 bits per heavy atom. The summed E-state index contributed by atoms with van der Waals surface area (Å²) in [7, 11) is 1.52. The highest BCUT2D eigenvalue weighted by Crippen LogP contribution is 2.35. The van der Waals surface area contributed by atoms with E-state index >= 15 is 0 Å². The summed E-state index contributed by atoms with van der Waals surface area (Å²) < 4.78 is 10.7. The van der Waals surface area contributed by atoms with Crippen LogP contribution in [0.4, 0.5) is 5.82 Å². The van der Waals surface area contributed by atoms with Gasteiger partial charge in [-0.25, -0.2) is 9.97 Å². The van der Waals surface area contributed by atoms with Gasteiger partial charge in [-0.1, -0.05) is 6.58 Å². The number of pyridine rings is 3. The summed E-state index contributed by atoms with van der Waals surface area (Å²) >= 11 is 0. The van der Waals surface area contributed by atoms with Crippen LogP contribution in [0.5, 0.6) is 5.88 Å². The first-order valence-corrected chi connectivity index (χ1v) is 9.46. The van der Waals surface area contributed by atoms with E-state index in [2.05, 4.69) is 31.8 Å². The van der Waals surface area contributed by atoms with E-state index in [0.29, 0.717) is 17.4 Å². The lowest BCUT2D eigenvalue weighted by atomic mass is 10.0. The third-order valence-electron chi connectivity index (χ3n) is 4.97. The zero-order chi connectivity index (χ0) is 21.4. The number of nitrogens with zero attached hydrogens (tertiary/aromatic N) is 3. The lowest BCUT2D eigenvalue weighted by Crippen LogP contribution is -2.09. The number of amides is 1. The van der Waals surface area contributed by atoms with Gasteiger partial charge in [0.05, 0.1) is 13.4 Å². The molecule has 0 atom stereocenters. The highest BCUT2D eigenvalue weighted by molar-refractivity contribution is 6.03. The van der Waals surface area contributed by atoms with Crippen molar-refractivity contribution in [3.63, 3.8) is 0 Å². The lowest BCUT2D eigenvalue weighted by molar-refractivity contribution is -0.111. The Kier molecular flexibility index (Phi) is 4.44. The summed E-state index contributed by atoms with van der Waals surface area (Å²) in [6.07, 6.45) is 8.22. The van der Waals surface area contributed by atoms with Crippen molar-refractivity contribution < 1.29 is 13.9 Å². The Balaban J connectivity index is 1.65. The molecule has 5 heterocycles. The van der Waals surface area contributed by atoms with Gasteiger partial charge in [-0.05, 0) is 41.5 Å². The van der Waals surface area contributed by atoms with E-state index in [4.69, 9.17) is 9.15 Å². The molecule has 8 heteroatoms. The number of fused-ring (bicyclic) bond motifs is 2. The van der Waals surface area contributed by atoms with Gasteiger partial charge in [0.2, 0.25) is 17.5 Å². The molecule has 1 amide bonds. The topological polar surface area (TPSA) is 106 Å². The highest BCUT2D eigenvalue weighted by Gasteiger charge is 2.14. The second-order valence-corrected chi connectivity index (χ2v) is 6.80. The van der Waals surface area contributed by atoms with Crippen LogP contribution in [-0.4, -0.2) is 33.0 Å². The molecule has 5 aromatic rings. The monoisotopic (exact) mass is 411 g/mol. The van der Waals surface area contributed by atoms with Gasteiger partial charge >= 0.3 is 0 Å². The van der Waals surface area contributed by atoms with Gasteiger partial charge < -0.3 is 19.5 Å². The number of anilines is 1. The van der Waals surface area contributed by atoms with Crippen molar-refractivity contribution in [3.8, 4) is 28.1 Å². The predicted octanol–water partition coefficient (Wildman–Crippen LogP) is 4.57. The molecule has 5 rings (SSSR count). The van der Waals surface area contributed by atoms with Gasteiger partial charge in [-0.2, -0.15) is 4.98 Å². The van der Waals surface area contributed by atoms with Gasteiger partial charge in [-0.3, -0.25) is 4.79 Å². The number of hydrogen-bond acceptors (Lipinski definition) is 6. The van der Waals surface area contributed by atoms with E-state index in [9.17, 15) is 4.79 Å². The summed E-state index contributed by atoms with van der Waals surface area (Å²) in [5.74, 6) is 0.387. The molecule has 0 aliphatic carbocycles. The van der Waals surface area contributed by atoms with Crippen molar-refractivity contribution in [2.45, 2.75) is 0 Å². The third-order valence-corrected chi connectivity index (χ3v) is 4.97. The smallest absolute Gasteiger partial charge is 0.248 e. The number of rotatable bonds is 5. The van der Waals surface area contributed by atoms with Crippen LogP contribution < -0.4 is 10.1 Å². The van der Waals surface area contributed by atoms with E-state index in [1.807, 2.05) is 24.4 Å². The molecule has 0 spiro atoms. The van der Waals surface area contributed by atoms with E-state index in [1.165, 1.54) is 13.2 Å². The van der Waals surface area contributed by atoms with Gasteiger partial charge in [-0.15, -0.1) is 0 Å². The molecule has 152 valence electrons. The first-order chi connectivity index (χ1) is 15.2. The predicted molar refractivity (Wildman–Crippen MR) is 118 cm³/mol. The van der Waals surface area contributed by atoms with Crippen LogP contribution in [-0.2, 0) is 4.79 Å². The molecule has 0 aliphatic heterocycles. The molecule has 31 heavy (non-hydrogen) atoms. The average molecular weight is 411 g/mol. The van der Waals surface area contributed by atoms with Gasteiger partial charge in [0, 0.05) is 46.6 Å². The summed E-state index contributed by atoms with van der Waals surface area (Å²) in [6, 6.07) is 9.44. The normalized spacial score (nSPS) is 11.0. The molecular weight excluding hydrogens is 394 g/mol. The Bertz CT molecular complexity index is 1450. The number of carbonyl (C=O) groups is 1. The first kappa shape index (κ1) is 18.6. The Hall–Kier alpha value is -4.46. The van der Waals surface area contributed by atoms with Crippen LogP contribution in [0.3, 0.4) is 0 Å². The third kappa shape index (κ3) is 3.29. The number of carbonyl (C=O) groups excluding carboxylic acids is 1. The molecule has 0 aliphatic rings. The van der Waals surface area contributed by atoms with Crippen molar-refractivity contribution >= 4 is 33.9 Å². The average Bonchev–Trinajstić information content (AvgIpc) is 3.45. The van der Waals surface area contributed by atoms with Crippen LogP contribution >= 0.6 is 0 Å². The number of aromatic amines is 1. The molecule has 2 N–H and O–H groups in total. The second kappa shape index (κ2) is 7.42. The summed E-state index contributed by atoms with van der Waals surface area (Å²) in [6.45, 7) is 3.47. The zero-order valence-electron chi connectivity index (χ0n) is 16.5. The molecule has 0 unspecified atom stereocenters. The first-order valence-electron chi connectivity index (χ1n) is 9.46. The fourth-order valence-corrected chi connectivity index (χ4v) is 3.51. The van der Waals surface area contributed by atoms with E-state index < -0.39 is 0 Å². The maximum Gasteiger partial charge on any atom is 0.248 e. The largest absolute Gasteiger partial charge is 0.481 e. The number of nitrogens with one attached hydrogen (secondary N) is 2. The van der Waals surface area contributed by atoms with Crippen LogP contribution in [0.2, 0.25) is 0 Å². The summed E-state index contributed by atoms with van der Waals surface area (Å²) in [5, 5.41) is 4.54. The second-order valence-electron chi connectivity index (χ2n) is 6.80. The number of H-pyrrole nitrogens is 1. The quantitative estimate of drug-likeness (QED) is 0.411. The molecule has 0 aromatic carbocycles. The van der Waals surface area contributed by atoms with Crippen LogP contribution in [0.25, 0.3) is 44.4 Å². The Labute approximate surface area is 176 Å². The van der Waals surface area contributed by atoms with Crippen LogP contribution in [0, 0.1) is 0 Å². The number of methoxy groups -OCH3 is 1. The van der Waals surface area contributed by atoms with Crippen molar-refractivity contribution in [1.82, 2.24) is 19.9 Å². The van der Waals surface area contributed by atoms with Crippen molar-refractivity contribution in [1.29, 1.82) is 0 Å². The zero-order valence-corrected chi connectivity index (χ0v) is 16.5. The number of hydrogen-bond donors (Lipinski definition) is 2. The molecule has 0 bridgehead atoms.